The summed E-state index contributed by atoms with van der Waals surface area (Å²) < 4.78 is 16.7. The second kappa shape index (κ2) is 37.7. The maximum Gasteiger partial charge on any atom is 0.306 e. The molecule has 0 aromatic carbocycles. The summed E-state index contributed by atoms with van der Waals surface area (Å²) in [5.41, 5.74) is 0. The maximum absolute atomic E-state index is 12.7. The minimum absolute atomic E-state index is 0.0670. The lowest BCUT2D eigenvalue weighted by atomic mass is 9.99. The molecule has 0 N–H and O–H groups in total. The van der Waals surface area contributed by atoms with E-state index in [1.165, 1.54) is 122 Å². The van der Waals surface area contributed by atoms with Gasteiger partial charge in [0.05, 0.1) is 0 Å². The lowest BCUT2D eigenvalue weighted by Gasteiger charge is -2.18. The number of ether oxygens (including phenoxy) is 3. The molecule has 2 atom stereocenters. The van der Waals surface area contributed by atoms with Crippen molar-refractivity contribution in [2.24, 2.45) is 17.8 Å². The molecule has 0 aromatic rings. The van der Waals surface area contributed by atoms with Crippen LogP contribution in [0.15, 0.2) is 0 Å². The second-order valence-corrected chi connectivity index (χ2v) is 16.9. The number of rotatable bonds is 39. The van der Waals surface area contributed by atoms with Crippen LogP contribution in [-0.2, 0) is 28.6 Å². The summed E-state index contributed by atoms with van der Waals surface area (Å²) in [4.78, 5) is 37.7. The molecule has 0 saturated heterocycles. The topological polar surface area (TPSA) is 78.9 Å². The second-order valence-electron chi connectivity index (χ2n) is 16.9. The zero-order chi connectivity index (χ0) is 38.5. The van der Waals surface area contributed by atoms with Crippen molar-refractivity contribution in [3.8, 4) is 0 Å². The van der Waals surface area contributed by atoms with Crippen molar-refractivity contribution < 1.29 is 28.6 Å². The molecule has 0 aromatic heterocycles. The van der Waals surface area contributed by atoms with E-state index in [2.05, 4.69) is 41.5 Å². The van der Waals surface area contributed by atoms with Crippen LogP contribution in [0.3, 0.4) is 0 Å². The molecule has 0 rings (SSSR count). The monoisotopic (exact) mass is 737 g/mol. The summed E-state index contributed by atoms with van der Waals surface area (Å²) in [7, 11) is 0. The number of hydrogen-bond acceptors (Lipinski definition) is 6. The van der Waals surface area contributed by atoms with Gasteiger partial charge in [-0.25, -0.2) is 0 Å². The number of carbonyl (C=O) groups is 3. The number of hydrogen-bond donors (Lipinski definition) is 0. The van der Waals surface area contributed by atoms with Gasteiger partial charge < -0.3 is 14.2 Å². The van der Waals surface area contributed by atoms with Crippen LogP contribution in [0.4, 0.5) is 0 Å². The first-order valence-corrected chi connectivity index (χ1v) is 22.6. The summed E-state index contributed by atoms with van der Waals surface area (Å²) in [5.74, 6) is 1.56. The molecule has 0 aliphatic heterocycles. The maximum atomic E-state index is 12.7. The Bertz CT molecular complexity index is 809. The standard InChI is InChI=1S/C46H88O6/c1-7-42(6)34-28-22-15-12-13-17-25-31-37-46(49)52-43(39-51-45(48)36-30-24-19-18-21-27-33-41(4)5)38-50-44(47)35-29-23-16-11-9-8-10-14-20-26-32-40(2)3/h40-43H,7-39H2,1-6H3/t42?,43-/m0/s1. The Morgan fingerprint density at radius 1 is 0.385 bits per heavy atom. The number of carbonyl (C=O) groups excluding carboxylic acids is 3. The van der Waals surface area contributed by atoms with Gasteiger partial charge in [-0.2, -0.15) is 0 Å². The molecule has 0 heterocycles. The quantitative estimate of drug-likeness (QED) is 0.0355. The lowest BCUT2D eigenvalue weighted by Crippen LogP contribution is -2.30. The smallest absolute Gasteiger partial charge is 0.306 e. The van der Waals surface area contributed by atoms with Gasteiger partial charge in [0.2, 0.25) is 0 Å². The molecule has 6 heteroatoms. The van der Waals surface area contributed by atoms with Gasteiger partial charge in [-0.3, -0.25) is 14.4 Å². The normalized spacial score (nSPS) is 12.7. The fourth-order valence-electron chi connectivity index (χ4n) is 6.67. The van der Waals surface area contributed by atoms with Crippen LogP contribution in [-0.4, -0.2) is 37.2 Å². The van der Waals surface area contributed by atoms with Crippen LogP contribution in [0.1, 0.15) is 241 Å². The Morgan fingerprint density at radius 2 is 0.673 bits per heavy atom. The Hall–Kier alpha value is -1.59. The summed E-state index contributed by atoms with van der Waals surface area (Å²) >= 11 is 0. The average Bonchev–Trinajstić information content (AvgIpc) is 3.11. The van der Waals surface area contributed by atoms with Crippen LogP contribution < -0.4 is 0 Å². The summed E-state index contributed by atoms with van der Waals surface area (Å²) in [6, 6.07) is 0. The molecule has 0 aliphatic carbocycles. The van der Waals surface area contributed by atoms with Crippen LogP contribution in [0.2, 0.25) is 0 Å². The van der Waals surface area contributed by atoms with Crippen molar-refractivity contribution in [3.63, 3.8) is 0 Å². The van der Waals surface area contributed by atoms with Crippen LogP contribution in [0.5, 0.6) is 0 Å². The van der Waals surface area contributed by atoms with E-state index >= 15 is 0 Å². The summed E-state index contributed by atoms with van der Waals surface area (Å²) in [5, 5.41) is 0. The first-order valence-electron chi connectivity index (χ1n) is 22.6. The van der Waals surface area contributed by atoms with E-state index < -0.39 is 6.10 Å². The van der Waals surface area contributed by atoms with E-state index in [9.17, 15) is 14.4 Å². The summed E-state index contributed by atoms with van der Waals surface area (Å²) in [6.45, 7) is 13.6. The lowest BCUT2D eigenvalue weighted by molar-refractivity contribution is -0.167. The highest BCUT2D eigenvalue weighted by Crippen LogP contribution is 2.17. The van der Waals surface area contributed by atoms with Crippen LogP contribution in [0.25, 0.3) is 0 Å². The highest BCUT2D eigenvalue weighted by atomic mass is 16.6. The Labute approximate surface area is 323 Å². The zero-order valence-corrected chi connectivity index (χ0v) is 35.6. The molecule has 308 valence electrons. The Balaban J connectivity index is 4.34. The third-order valence-electron chi connectivity index (χ3n) is 10.5. The predicted octanol–water partition coefficient (Wildman–Crippen LogP) is 14.0. The van der Waals surface area contributed by atoms with E-state index in [0.717, 1.165) is 75.5 Å². The van der Waals surface area contributed by atoms with Crippen LogP contribution >= 0.6 is 0 Å². The van der Waals surface area contributed by atoms with Gasteiger partial charge in [-0.15, -0.1) is 0 Å². The molecule has 0 radical (unpaired) electrons. The van der Waals surface area contributed by atoms with Gasteiger partial charge in [0.1, 0.15) is 13.2 Å². The van der Waals surface area contributed by atoms with Gasteiger partial charge in [0.15, 0.2) is 6.10 Å². The first kappa shape index (κ1) is 50.4. The number of unbranched alkanes of at least 4 members (excludes halogenated alkanes) is 21. The molecular formula is C46H88O6. The molecular weight excluding hydrogens is 648 g/mol. The van der Waals surface area contributed by atoms with Gasteiger partial charge in [-0.1, -0.05) is 202 Å². The zero-order valence-electron chi connectivity index (χ0n) is 35.6. The molecule has 0 saturated carbocycles. The van der Waals surface area contributed by atoms with Crippen molar-refractivity contribution in [1.82, 2.24) is 0 Å². The molecule has 0 amide bonds. The largest absolute Gasteiger partial charge is 0.462 e. The molecule has 0 bridgehead atoms. The van der Waals surface area contributed by atoms with E-state index in [-0.39, 0.29) is 31.1 Å². The fraction of sp³-hybridized carbons (Fsp3) is 0.935. The predicted molar refractivity (Wildman–Crippen MR) is 219 cm³/mol. The van der Waals surface area contributed by atoms with Crippen molar-refractivity contribution in [2.45, 2.75) is 247 Å². The van der Waals surface area contributed by atoms with Gasteiger partial charge in [0, 0.05) is 19.3 Å². The Morgan fingerprint density at radius 3 is 1.00 bits per heavy atom. The number of esters is 3. The van der Waals surface area contributed by atoms with E-state index in [1.54, 1.807) is 0 Å². The van der Waals surface area contributed by atoms with Gasteiger partial charge in [-0.05, 0) is 37.0 Å². The fourth-order valence-corrected chi connectivity index (χ4v) is 6.67. The molecule has 6 nitrogen and oxygen atoms in total. The van der Waals surface area contributed by atoms with E-state index in [4.69, 9.17) is 14.2 Å². The molecule has 0 fully saturated rings. The SMILES string of the molecule is CCC(C)CCCCCCCCCCC(=O)O[C@@H](COC(=O)CCCCCCCCCCCCC(C)C)COC(=O)CCCCCCCCC(C)C. The van der Waals surface area contributed by atoms with E-state index in [1.807, 2.05) is 0 Å². The highest BCUT2D eigenvalue weighted by molar-refractivity contribution is 5.71. The minimum atomic E-state index is -0.762. The van der Waals surface area contributed by atoms with Crippen molar-refractivity contribution in [1.29, 1.82) is 0 Å². The van der Waals surface area contributed by atoms with Crippen molar-refractivity contribution in [3.05, 3.63) is 0 Å². The van der Waals surface area contributed by atoms with Crippen molar-refractivity contribution in [2.75, 3.05) is 13.2 Å². The van der Waals surface area contributed by atoms with E-state index in [0.29, 0.717) is 19.3 Å². The average molecular weight is 737 g/mol. The van der Waals surface area contributed by atoms with Crippen LogP contribution in [0, 0.1) is 17.8 Å². The first-order chi connectivity index (χ1) is 25.1. The van der Waals surface area contributed by atoms with Gasteiger partial charge >= 0.3 is 17.9 Å². The molecule has 0 spiro atoms. The molecule has 1 unspecified atom stereocenters. The Kier molecular flexibility index (Phi) is 36.6. The van der Waals surface area contributed by atoms with Crippen molar-refractivity contribution >= 4 is 17.9 Å². The summed E-state index contributed by atoms with van der Waals surface area (Å²) in [6.07, 6.45) is 33.8. The molecule has 0 aliphatic rings. The highest BCUT2D eigenvalue weighted by Gasteiger charge is 2.19. The third kappa shape index (κ3) is 38.1. The third-order valence-corrected chi connectivity index (χ3v) is 10.5. The molecule has 52 heavy (non-hydrogen) atoms. The van der Waals surface area contributed by atoms with Gasteiger partial charge in [0.25, 0.3) is 0 Å². The minimum Gasteiger partial charge on any atom is -0.462 e.